The number of aromatic nitrogens is 2. The average molecular weight is 484 g/mol. The van der Waals surface area contributed by atoms with Gasteiger partial charge in [0.1, 0.15) is 0 Å². The van der Waals surface area contributed by atoms with E-state index in [0.29, 0.717) is 0 Å². The maximum atomic E-state index is 3.65. The first kappa shape index (κ1) is 21.0. The second kappa shape index (κ2) is 8.22. The van der Waals surface area contributed by atoms with Gasteiger partial charge in [-0.1, -0.05) is 103 Å². The minimum Gasteiger partial charge on any atom is -0.354 e. The fraction of sp³-hybridized carbons (Fsp3) is 0. The van der Waals surface area contributed by atoms with Crippen molar-refractivity contribution in [1.82, 2.24) is 9.97 Å². The lowest BCUT2D eigenvalue weighted by Gasteiger charge is -2.10. The number of fused-ring (bicyclic) bond motifs is 6. The number of aromatic amines is 2. The maximum Gasteiger partial charge on any atom is 0.0544 e. The molecular formula is C36H23N2. The summed E-state index contributed by atoms with van der Waals surface area (Å²) < 4.78 is 0. The van der Waals surface area contributed by atoms with E-state index in [4.69, 9.17) is 0 Å². The fourth-order valence-electron chi connectivity index (χ4n) is 5.88. The zero-order chi connectivity index (χ0) is 25.1. The Morgan fingerprint density at radius 1 is 0.421 bits per heavy atom. The molecule has 8 aromatic rings. The molecule has 0 fully saturated rings. The molecule has 1 radical (unpaired) electrons. The Bertz CT molecular complexity index is 1990. The third-order valence-electron chi connectivity index (χ3n) is 7.68. The Balaban J connectivity index is 1.25. The minimum atomic E-state index is 1.09. The van der Waals surface area contributed by atoms with E-state index in [1.807, 2.05) is 6.07 Å². The second-order valence-corrected chi connectivity index (χ2v) is 9.87. The topological polar surface area (TPSA) is 31.6 Å². The normalized spacial score (nSPS) is 11.7. The number of H-pyrrole nitrogens is 2. The van der Waals surface area contributed by atoms with Gasteiger partial charge in [-0.25, -0.2) is 0 Å². The first-order chi connectivity index (χ1) is 18.8. The van der Waals surface area contributed by atoms with E-state index in [0.717, 1.165) is 16.6 Å². The third-order valence-corrected chi connectivity index (χ3v) is 7.68. The van der Waals surface area contributed by atoms with Gasteiger partial charge in [-0.05, 0) is 52.6 Å². The molecule has 2 heterocycles. The van der Waals surface area contributed by atoms with Crippen LogP contribution in [0.2, 0.25) is 0 Å². The second-order valence-electron chi connectivity index (χ2n) is 9.87. The van der Waals surface area contributed by atoms with Gasteiger partial charge in [-0.3, -0.25) is 0 Å². The van der Waals surface area contributed by atoms with Crippen LogP contribution >= 0.6 is 0 Å². The molecule has 38 heavy (non-hydrogen) atoms. The summed E-state index contributed by atoms with van der Waals surface area (Å²) in [6.07, 6.45) is 0. The molecule has 0 aliphatic heterocycles. The van der Waals surface area contributed by atoms with Gasteiger partial charge in [0.15, 0.2) is 0 Å². The number of nitrogens with one attached hydrogen (secondary N) is 2. The summed E-state index contributed by atoms with van der Waals surface area (Å²) in [7, 11) is 0. The number of benzene rings is 6. The smallest absolute Gasteiger partial charge is 0.0544 e. The number of hydrogen-bond donors (Lipinski definition) is 2. The summed E-state index contributed by atoms with van der Waals surface area (Å²) in [5.41, 5.74) is 11.7. The van der Waals surface area contributed by atoms with Gasteiger partial charge in [0.05, 0.1) is 11.0 Å². The van der Waals surface area contributed by atoms with Crippen molar-refractivity contribution in [1.29, 1.82) is 0 Å². The van der Waals surface area contributed by atoms with E-state index in [1.165, 1.54) is 60.4 Å². The van der Waals surface area contributed by atoms with Crippen LogP contribution in [0.25, 0.3) is 77.0 Å². The van der Waals surface area contributed by atoms with Crippen molar-refractivity contribution < 1.29 is 0 Å². The van der Waals surface area contributed by atoms with Crippen LogP contribution in [0.15, 0.2) is 127 Å². The Morgan fingerprint density at radius 3 is 1.71 bits per heavy atom. The third kappa shape index (κ3) is 3.21. The first-order valence-corrected chi connectivity index (χ1v) is 13.0. The molecule has 0 spiro atoms. The van der Waals surface area contributed by atoms with Crippen molar-refractivity contribution >= 4 is 43.6 Å². The highest BCUT2D eigenvalue weighted by Crippen LogP contribution is 2.37. The first-order valence-electron chi connectivity index (χ1n) is 13.0. The number of hydrogen-bond acceptors (Lipinski definition) is 0. The quantitative estimate of drug-likeness (QED) is 0.251. The Hall–Kier alpha value is -5.08. The predicted octanol–water partition coefficient (Wildman–Crippen LogP) is 9.76. The molecule has 0 saturated heterocycles. The molecule has 0 bridgehead atoms. The Labute approximate surface area is 220 Å². The molecule has 0 aliphatic rings. The van der Waals surface area contributed by atoms with Crippen LogP contribution in [0, 0.1) is 6.07 Å². The standard InChI is InChI=1S/C36H23N2/c1-3-19-33-29(13-1)31-17-7-15-27(35(31)37-33)25-11-5-9-23(21-25)24-10-6-12-26(22-24)28-16-8-18-32-30-14-2-4-20-34(30)38-36(28)32/h1-11,13-22,37-38H. The molecule has 0 unspecified atom stereocenters. The van der Waals surface area contributed by atoms with Gasteiger partial charge in [-0.2, -0.15) is 0 Å². The van der Waals surface area contributed by atoms with Crippen LogP contribution in [-0.4, -0.2) is 9.97 Å². The SMILES string of the molecule is [c]1ccc(-c2cccc(-c3cccc4c3[nH]c3ccccc34)c2)cc1-c1cccc2c1[nH]c1ccccc12. The van der Waals surface area contributed by atoms with Gasteiger partial charge in [0.2, 0.25) is 0 Å². The molecule has 6 aromatic carbocycles. The lowest BCUT2D eigenvalue weighted by molar-refractivity contribution is 1.52. The molecule has 2 aromatic heterocycles. The minimum absolute atomic E-state index is 1.09. The van der Waals surface area contributed by atoms with Crippen LogP contribution in [0.3, 0.4) is 0 Å². The highest BCUT2D eigenvalue weighted by Gasteiger charge is 2.12. The van der Waals surface area contributed by atoms with Crippen molar-refractivity contribution in [2.24, 2.45) is 0 Å². The van der Waals surface area contributed by atoms with Gasteiger partial charge in [0, 0.05) is 43.7 Å². The molecule has 0 atom stereocenters. The highest BCUT2D eigenvalue weighted by atomic mass is 14.7. The van der Waals surface area contributed by atoms with Crippen molar-refractivity contribution in [2.45, 2.75) is 0 Å². The largest absolute Gasteiger partial charge is 0.354 e. The Morgan fingerprint density at radius 2 is 0.974 bits per heavy atom. The summed E-state index contributed by atoms with van der Waals surface area (Å²) in [5, 5.41) is 5.01. The number of rotatable bonds is 3. The monoisotopic (exact) mass is 483 g/mol. The molecule has 2 N–H and O–H groups in total. The Kier molecular flexibility index (Phi) is 4.55. The van der Waals surface area contributed by atoms with Gasteiger partial charge in [-0.15, -0.1) is 0 Å². The molecule has 2 nitrogen and oxygen atoms in total. The van der Waals surface area contributed by atoms with Gasteiger partial charge in [0.25, 0.3) is 0 Å². The van der Waals surface area contributed by atoms with E-state index >= 15 is 0 Å². The molecular weight excluding hydrogens is 460 g/mol. The van der Waals surface area contributed by atoms with E-state index < -0.39 is 0 Å². The summed E-state index contributed by atoms with van der Waals surface area (Å²) in [6, 6.07) is 48.8. The van der Waals surface area contributed by atoms with Crippen molar-refractivity contribution in [3.05, 3.63) is 133 Å². The van der Waals surface area contributed by atoms with E-state index in [1.54, 1.807) is 0 Å². The summed E-state index contributed by atoms with van der Waals surface area (Å²) in [4.78, 5) is 7.29. The van der Waals surface area contributed by atoms with Crippen LogP contribution in [0.4, 0.5) is 0 Å². The molecule has 8 rings (SSSR count). The molecule has 0 amide bonds. The average Bonchev–Trinajstić information content (AvgIpc) is 3.56. The number of para-hydroxylation sites is 4. The lowest BCUT2D eigenvalue weighted by atomic mass is 9.95. The van der Waals surface area contributed by atoms with Gasteiger partial charge < -0.3 is 9.97 Å². The van der Waals surface area contributed by atoms with Crippen LogP contribution in [0.1, 0.15) is 0 Å². The molecule has 2 heteroatoms. The van der Waals surface area contributed by atoms with Crippen LogP contribution in [-0.2, 0) is 0 Å². The van der Waals surface area contributed by atoms with Crippen molar-refractivity contribution in [2.75, 3.05) is 0 Å². The predicted molar refractivity (Wildman–Crippen MR) is 160 cm³/mol. The zero-order valence-corrected chi connectivity index (χ0v) is 20.6. The highest BCUT2D eigenvalue weighted by molar-refractivity contribution is 6.13. The van der Waals surface area contributed by atoms with Gasteiger partial charge >= 0.3 is 0 Å². The van der Waals surface area contributed by atoms with Crippen molar-refractivity contribution in [3.8, 4) is 33.4 Å². The fourth-order valence-corrected chi connectivity index (χ4v) is 5.88. The van der Waals surface area contributed by atoms with Crippen LogP contribution < -0.4 is 0 Å². The summed E-state index contributed by atoms with van der Waals surface area (Å²) in [5.74, 6) is 0. The van der Waals surface area contributed by atoms with Crippen molar-refractivity contribution in [3.63, 3.8) is 0 Å². The zero-order valence-electron chi connectivity index (χ0n) is 20.6. The molecule has 177 valence electrons. The maximum absolute atomic E-state index is 3.65. The molecule has 0 aliphatic carbocycles. The lowest BCUT2D eigenvalue weighted by Crippen LogP contribution is -1.85. The summed E-state index contributed by atoms with van der Waals surface area (Å²) in [6.45, 7) is 0. The van der Waals surface area contributed by atoms with E-state index in [9.17, 15) is 0 Å². The van der Waals surface area contributed by atoms with E-state index in [-0.39, 0.29) is 0 Å². The van der Waals surface area contributed by atoms with E-state index in [2.05, 4.69) is 137 Å². The summed E-state index contributed by atoms with van der Waals surface area (Å²) >= 11 is 0. The molecule has 0 saturated carbocycles. The van der Waals surface area contributed by atoms with Crippen LogP contribution in [0.5, 0.6) is 0 Å².